The van der Waals surface area contributed by atoms with Gasteiger partial charge < -0.3 is 35.5 Å². The maximum Gasteiger partial charge on any atom is 0.421 e. The molecule has 2 aliphatic heterocycles. The van der Waals surface area contributed by atoms with Crippen LogP contribution in [0.4, 0.5) is 72.6 Å². The van der Waals surface area contributed by atoms with Gasteiger partial charge in [-0.2, -0.15) is 46.5 Å². The summed E-state index contributed by atoms with van der Waals surface area (Å²) in [5.41, 5.74) is 0.368. The molecule has 320 valence electrons. The van der Waals surface area contributed by atoms with Crippen LogP contribution in [0.25, 0.3) is 0 Å². The summed E-state index contributed by atoms with van der Waals surface area (Å²) < 4.78 is 107. The van der Waals surface area contributed by atoms with Crippen LogP contribution < -0.4 is 26.0 Å². The highest BCUT2D eigenvalue weighted by Crippen LogP contribution is 2.42. The van der Waals surface area contributed by atoms with Gasteiger partial charge in [0.15, 0.2) is 11.5 Å². The van der Waals surface area contributed by atoms with Crippen molar-refractivity contribution in [3.63, 3.8) is 0 Å². The van der Waals surface area contributed by atoms with Crippen molar-refractivity contribution in [1.82, 2.24) is 39.5 Å². The highest BCUT2D eigenvalue weighted by atomic mass is 19.4. The second-order valence-electron chi connectivity index (χ2n) is 14.4. The normalized spacial score (nSPS) is 15.4. The Bertz CT molecular complexity index is 2310. The first-order chi connectivity index (χ1) is 29.3. The third-order valence-corrected chi connectivity index (χ3v) is 10.3. The highest BCUT2D eigenvalue weighted by molar-refractivity contribution is 5.72. The predicted octanol–water partition coefficient (Wildman–Crippen LogP) is 9.78. The van der Waals surface area contributed by atoms with Crippen LogP contribution in [0.3, 0.4) is 0 Å². The van der Waals surface area contributed by atoms with Crippen LogP contribution in [0.15, 0.2) is 73.3 Å². The van der Waals surface area contributed by atoms with Crippen molar-refractivity contribution in [2.45, 2.75) is 64.0 Å². The van der Waals surface area contributed by atoms with Crippen LogP contribution in [0.5, 0.6) is 11.5 Å². The monoisotopic (exact) mass is 850 g/mol. The Balaban J connectivity index is 1.05. The molecule has 6 aromatic rings. The molecule has 61 heavy (non-hydrogen) atoms. The zero-order valence-corrected chi connectivity index (χ0v) is 32.8. The van der Waals surface area contributed by atoms with Crippen LogP contribution in [-0.4, -0.2) is 65.9 Å². The van der Waals surface area contributed by atoms with Crippen molar-refractivity contribution in [2.75, 3.05) is 47.7 Å². The van der Waals surface area contributed by atoms with Crippen molar-refractivity contribution in [3.05, 3.63) is 95.8 Å². The molecular weight excluding hydrogens is 811 g/mol. The van der Waals surface area contributed by atoms with E-state index < -0.39 is 35.1 Å². The Morgan fingerprint density at radius 2 is 0.951 bits per heavy atom. The van der Waals surface area contributed by atoms with Crippen molar-refractivity contribution >= 4 is 46.3 Å². The van der Waals surface area contributed by atoms with E-state index in [0.29, 0.717) is 50.2 Å². The number of nitrogens with one attached hydrogen (secondary N) is 4. The molecule has 0 saturated carbocycles. The number of ether oxygens (including phenoxy) is 3. The first kappa shape index (κ1) is 41.3. The average Bonchev–Trinajstić information content (AvgIpc) is 3.79. The topological polar surface area (TPSA) is 163 Å². The van der Waals surface area contributed by atoms with Crippen LogP contribution in [0.1, 0.15) is 60.3 Å². The molecule has 0 unspecified atom stereocenters. The van der Waals surface area contributed by atoms with Gasteiger partial charge in [-0.15, -0.1) is 0 Å². The van der Waals surface area contributed by atoms with Gasteiger partial charge in [-0.25, -0.2) is 9.97 Å². The molecule has 0 bridgehead atoms. The van der Waals surface area contributed by atoms with E-state index in [1.165, 1.54) is 24.3 Å². The first-order valence-electron chi connectivity index (χ1n) is 19.4. The number of aromatic nitrogens is 8. The van der Waals surface area contributed by atoms with Gasteiger partial charge in [0.25, 0.3) is 0 Å². The fourth-order valence-corrected chi connectivity index (χ4v) is 7.11. The second-order valence-corrected chi connectivity index (χ2v) is 14.4. The van der Waals surface area contributed by atoms with E-state index in [4.69, 9.17) is 14.2 Å². The molecule has 0 amide bonds. The Kier molecular flexibility index (Phi) is 11.7. The number of hydrogen-bond donors (Lipinski definition) is 4. The van der Waals surface area contributed by atoms with Gasteiger partial charge in [-0.05, 0) is 63.8 Å². The van der Waals surface area contributed by atoms with E-state index in [1.807, 2.05) is 23.2 Å². The molecule has 21 heteroatoms. The SMILES string of the molecule is Cc1c(Nc2ncc(C(F)(F)F)c(Nc3ccccc3Oc3ccccc3Nc3nc(Nc4cnn(C5CCOCC5)c4C)ncc3C(F)(F)F)n2)cnn1C1CCOCC1. The zero-order valence-electron chi connectivity index (χ0n) is 32.8. The second kappa shape index (κ2) is 17.2. The molecule has 6 heterocycles. The number of nitrogens with zero attached hydrogens (tertiary/aromatic N) is 8. The summed E-state index contributed by atoms with van der Waals surface area (Å²) in [6.45, 7) is 6.07. The van der Waals surface area contributed by atoms with E-state index in [-0.39, 0.29) is 46.9 Å². The largest absolute Gasteiger partial charge is 0.453 e. The predicted molar refractivity (Wildman–Crippen MR) is 212 cm³/mol. The summed E-state index contributed by atoms with van der Waals surface area (Å²) in [5, 5.41) is 20.4. The highest BCUT2D eigenvalue weighted by Gasteiger charge is 2.37. The van der Waals surface area contributed by atoms with Gasteiger partial charge in [0.05, 0.1) is 58.6 Å². The number of rotatable bonds is 12. The Morgan fingerprint density at radius 1 is 0.557 bits per heavy atom. The lowest BCUT2D eigenvalue weighted by Gasteiger charge is -2.23. The molecule has 2 aliphatic rings. The minimum absolute atomic E-state index is 0.0321. The summed E-state index contributed by atoms with van der Waals surface area (Å²) in [6.07, 6.45) is -2.14. The molecule has 0 atom stereocenters. The van der Waals surface area contributed by atoms with Crippen LogP contribution in [0.2, 0.25) is 0 Å². The fourth-order valence-electron chi connectivity index (χ4n) is 7.11. The molecule has 2 fully saturated rings. The molecule has 15 nitrogen and oxygen atoms in total. The maximum absolute atomic E-state index is 14.3. The van der Waals surface area contributed by atoms with Gasteiger partial charge >= 0.3 is 12.4 Å². The van der Waals surface area contributed by atoms with E-state index in [0.717, 1.165) is 37.1 Å². The standard InChI is InChI=1S/C40H40F6N12O3/c1-23-31(21-49-57(23)25-11-15-59-16-12-25)53-37-47-19-27(39(41,42)43)35(55-37)51-29-7-3-5-9-33(29)61-34-10-6-4-8-30(34)52-36-28(40(44,45)46)20-48-38(56-36)54-32-22-50-58(24(32)2)26-13-17-60-18-14-26/h3-10,19-22,25-26H,11-18H2,1-2H3,(H2,47,51,53,55)(H2,48,52,54,56). The van der Waals surface area contributed by atoms with E-state index in [9.17, 15) is 26.3 Å². The Morgan fingerprint density at radius 3 is 1.34 bits per heavy atom. The molecule has 8 rings (SSSR count). The molecular formula is C40H40F6N12O3. The van der Waals surface area contributed by atoms with Crippen molar-refractivity contribution in [2.24, 2.45) is 0 Å². The van der Waals surface area contributed by atoms with Crippen LogP contribution in [-0.2, 0) is 21.8 Å². The van der Waals surface area contributed by atoms with Gasteiger partial charge in [0, 0.05) is 38.8 Å². The van der Waals surface area contributed by atoms with Crippen LogP contribution in [0, 0.1) is 13.8 Å². The van der Waals surface area contributed by atoms with E-state index in [2.05, 4.69) is 51.4 Å². The summed E-state index contributed by atoms with van der Waals surface area (Å²) in [6, 6.07) is 12.5. The lowest BCUT2D eigenvalue weighted by molar-refractivity contribution is -0.138. The fraction of sp³-hybridized carbons (Fsp3) is 0.350. The first-order valence-corrected chi connectivity index (χ1v) is 19.4. The molecule has 0 spiro atoms. The zero-order chi connectivity index (χ0) is 42.7. The molecule has 0 radical (unpaired) electrons. The van der Waals surface area contributed by atoms with E-state index >= 15 is 0 Å². The smallest absolute Gasteiger partial charge is 0.421 e. The summed E-state index contributed by atoms with van der Waals surface area (Å²) in [4.78, 5) is 16.3. The summed E-state index contributed by atoms with van der Waals surface area (Å²) in [5.74, 6) is -1.34. The lowest BCUT2D eigenvalue weighted by Crippen LogP contribution is -2.21. The number of para-hydroxylation sites is 4. The Hall–Kier alpha value is -6.48. The van der Waals surface area contributed by atoms with Crippen LogP contribution >= 0.6 is 0 Å². The summed E-state index contributed by atoms with van der Waals surface area (Å²) in [7, 11) is 0. The number of hydrogen-bond acceptors (Lipinski definition) is 13. The number of anilines is 8. The third kappa shape index (κ3) is 9.31. The minimum atomic E-state index is -4.84. The quantitative estimate of drug-likeness (QED) is 0.0862. The Labute approximate surface area is 344 Å². The molecule has 4 aromatic heterocycles. The summed E-state index contributed by atoms with van der Waals surface area (Å²) >= 11 is 0. The molecule has 2 saturated heterocycles. The lowest BCUT2D eigenvalue weighted by atomic mass is 10.1. The number of benzene rings is 2. The average molecular weight is 851 g/mol. The van der Waals surface area contributed by atoms with Gasteiger partial charge in [0.2, 0.25) is 11.9 Å². The minimum Gasteiger partial charge on any atom is -0.453 e. The number of halogens is 6. The van der Waals surface area contributed by atoms with E-state index in [1.54, 1.807) is 36.7 Å². The van der Waals surface area contributed by atoms with Gasteiger partial charge in [-0.3, -0.25) is 9.36 Å². The van der Waals surface area contributed by atoms with Crippen molar-refractivity contribution in [1.29, 1.82) is 0 Å². The molecule has 0 aliphatic carbocycles. The molecule has 2 aromatic carbocycles. The van der Waals surface area contributed by atoms with Gasteiger partial charge in [0.1, 0.15) is 22.8 Å². The van der Waals surface area contributed by atoms with Crippen molar-refractivity contribution in [3.8, 4) is 11.5 Å². The molecule has 4 N–H and O–H groups in total. The third-order valence-electron chi connectivity index (χ3n) is 10.3. The van der Waals surface area contributed by atoms with Crippen molar-refractivity contribution < 1.29 is 40.6 Å². The number of alkyl halides is 6. The van der Waals surface area contributed by atoms with Gasteiger partial charge in [-0.1, -0.05) is 24.3 Å². The maximum atomic E-state index is 14.3.